The van der Waals surface area contributed by atoms with Crippen LogP contribution in [0.25, 0.3) is 0 Å². The van der Waals surface area contributed by atoms with Gasteiger partial charge in [-0.1, -0.05) is 22.9 Å². The average Bonchev–Trinajstić information content (AvgIpc) is 2.74. The Morgan fingerprint density at radius 3 is 2.17 bits per heavy atom. The second kappa shape index (κ2) is 11.8. The molecule has 0 saturated carbocycles. The maximum absolute atomic E-state index is 11.8. The molecule has 2 amide bonds. The van der Waals surface area contributed by atoms with Crippen molar-refractivity contribution < 1.29 is 28.6 Å². The number of ether oxygens (including phenoxy) is 3. The molecule has 8 nitrogen and oxygen atoms in total. The molecule has 0 aliphatic rings. The number of carbonyl (C=O) groups is 3. The van der Waals surface area contributed by atoms with E-state index in [0.29, 0.717) is 23.7 Å². The molecule has 0 unspecified atom stereocenters. The van der Waals surface area contributed by atoms with Crippen LogP contribution in [0.3, 0.4) is 0 Å². The first-order valence-electron chi connectivity index (χ1n) is 9.25. The molecule has 2 N–H and O–H groups in total. The summed E-state index contributed by atoms with van der Waals surface area (Å²) in [5.74, 6) is -0.498. The Bertz CT molecular complexity index is 886. The molecule has 0 heterocycles. The minimum atomic E-state index is -0.547. The number of aryl methyl sites for hydroxylation is 1. The van der Waals surface area contributed by atoms with E-state index in [1.54, 1.807) is 36.4 Å². The molecule has 30 heavy (non-hydrogen) atoms. The van der Waals surface area contributed by atoms with Gasteiger partial charge in [0.25, 0.3) is 11.8 Å². The zero-order valence-electron chi connectivity index (χ0n) is 16.7. The smallest absolute Gasteiger partial charge is 0.338 e. The van der Waals surface area contributed by atoms with Crippen LogP contribution >= 0.6 is 15.9 Å². The largest absolute Gasteiger partial charge is 0.484 e. The normalized spacial score (nSPS) is 10.1. The number of hydrogen-bond acceptors (Lipinski definition) is 6. The molecule has 2 aromatic rings. The number of amides is 2. The third kappa shape index (κ3) is 7.75. The van der Waals surface area contributed by atoms with Gasteiger partial charge >= 0.3 is 5.97 Å². The van der Waals surface area contributed by atoms with E-state index in [-0.39, 0.29) is 13.2 Å². The lowest BCUT2D eigenvalue weighted by Crippen LogP contribution is -2.45. The van der Waals surface area contributed by atoms with Crippen molar-refractivity contribution in [2.24, 2.45) is 0 Å². The van der Waals surface area contributed by atoms with Crippen LogP contribution in [0, 0.1) is 6.92 Å². The second-order valence-corrected chi connectivity index (χ2v) is 7.16. The van der Waals surface area contributed by atoms with E-state index in [0.717, 1.165) is 16.5 Å². The van der Waals surface area contributed by atoms with Crippen LogP contribution < -0.4 is 20.3 Å². The lowest BCUT2D eigenvalue weighted by molar-refractivity contribution is -0.131. The van der Waals surface area contributed by atoms with Gasteiger partial charge in [-0.15, -0.1) is 0 Å². The Hall–Kier alpha value is -3.07. The molecule has 0 bridgehead atoms. The Balaban J connectivity index is 1.69. The van der Waals surface area contributed by atoms with Crippen LogP contribution in [0.15, 0.2) is 46.9 Å². The Morgan fingerprint density at radius 1 is 0.933 bits per heavy atom. The van der Waals surface area contributed by atoms with Gasteiger partial charge in [-0.2, -0.15) is 0 Å². The first-order valence-corrected chi connectivity index (χ1v) is 10.0. The molecule has 0 saturated heterocycles. The minimum Gasteiger partial charge on any atom is -0.484 e. The third-order valence-electron chi connectivity index (χ3n) is 3.73. The summed E-state index contributed by atoms with van der Waals surface area (Å²) in [5, 5.41) is 0. The predicted molar refractivity (Wildman–Crippen MR) is 113 cm³/mol. The number of nitrogens with one attached hydrogen (secondary N) is 2. The van der Waals surface area contributed by atoms with E-state index in [9.17, 15) is 14.4 Å². The van der Waals surface area contributed by atoms with Crippen LogP contribution in [-0.2, 0) is 14.3 Å². The summed E-state index contributed by atoms with van der Waals surface area (Å²) in [6.45, 7) is 3.56. The third-order valence-corrected chi connectivity index (χ3v) is 4.23. The summed E-state index contributed by atoms with van der Waals surface area (Å²) in [6, 6.07) is 11.6. The molecule has 0 radical (unpaired) electrons. The fourth-order valence-corrected chi connectivity index (χ4v) is 2.72. The van der Waals surface area contributed by atoms with Crippen molar-refractivity contribution in [1.82, 2.24) is 10.9 Å². The predicted octanol–water partition coefficient (Wildman–Crippen LogP) is 2.93. The molecule has 9 heteroatoms. The van der Waals surface area contributed by atoms with Crippen LogP contribution in [-0.4, -0.2) is 37.6 Å². The summed E-state index contributed by atoms with van der Waals surface area (Å²) < 4.78 is 16.7. The maximum Gasteiger partial charge on any atom is 0.338 e. The summed E-state index contributed by atoms with van der Waals surface area (Å²) in [6.07, 6.45) is 0.745. The van der Waals surface area contributed by atoms with E-state index >= 15 is 0 Å². The fourth-order valence-electron chi connectivity index (χ4n) is 2.24. The molecule has 0 fully saturated rings. The highest BCUT2D eigenvalue weighted by atomic mass is 79.9. The summed E-state index contributed by atoms with van der Waals surface area (Å²) >= 11 is 3.35. The van der Waals surface area contributed by atoms with Crippen molar-refractivity contribution >= 4 is 33.7 Å². The molecule has 2 aromatic carbocycles. The van der Waals surface area contributed by atoms with Gasteiger partial charge in [0.15, 0.2) is 13.2 Å². The highest BCUT2D eigenvalue weighted by molar-refractivity contribution is 9.10. The Labute approximate surface area is 183 Å². The van der Waals surface area contributed by atoms with E-state index < -0.39 is 17.8 Å². The SMILES string of the molecule is CCCOC(=O)c1ccc(OCC(=O)NNC(=O)COc2ccc(Br)cc2C)cc1. The van der Waals surface area contributed by atoms with Gasteiger partial charge in [0.1, 0.15) is 11.5 Å². The molecule has 0 aromatic heterocycles. The van der Waals surface area contributed by atoms with Crippen molar-refractivity contribution in [3.8, 4) is 11.5 Å². The van der Waals surface area contributed by atoms with Gasteiger partial charge in [-0.25, -0.2) is 4.79 Å². The van der Waals surface area contributed by atoms with E-state index in [4.69, 9.17) is 14.2 Å². The van der Waals surface area contributed by atoms with Gasteiger partial charge in [0.05, 0.1) is 12.2 Å². The van der Waals surface area contributed by atoms with Crippen LogP contribution in [0.2, 0.25) is 0 Å². The van der Waals surface area contributed by atoms with E-state index in [1.807, 2.05) is 19.9 Å². The van der Waals surface area contributed by atoms with Crippen molar-refractivity contribution in [1.29, 1.82) is 0 Å². The fraction of sp³-hybridized carbons (Fsp3) is 0.286. The monoisotopic (exact) mass is 478 g/mol. The minimum absolute atomic E-state index is 0.251. The Kier molecular flexibility index (Phi) is 9.14. The molecule has 0 aliphatic heterocycles. The van der Waals surface area contributed by atoms with Gasteiger partial charge in [0, 0.05) is 4.47 Å². The molecule has 0 aliphatic carbocycles. The number of benzene rings is 2. The second-order valence-electron chi connectivity index (χ2n) is 6.24. The van der Waals surface area contributed by atoms with Crippen molar-refractivity contribution in [3.05, 3.63) is 58.1 Å². The Morgan fingerprint density at radius 2 is 1.57 bits per heavy atom. The van der Waals surface area contributed by atoms with Gasteiger partial charge in [-0.05, 0) is 61.4 Å². The maximum atomic E-state index is 11.8. The van der Waals surface area contributed by atoms with E-state index in [2.05, 4.69) is 26.8 Å². The van der Waals surface area contributed by atoms with Gasteiger partial charge < -0.3 is 14.2 Å². The average molecular weight is 479 g/mol. The lowest BCUT2D eigenvalue weighted by atomic mass is 10.2. The highest BCUT2D eigenvalue weighted by Gasteiger charge is 2.09. The number of carbonyl (C=O) groups excluding carboxylic acids is 3. The molecule has 0 atom stereocenters. The first-order chi connectivity index (χ1) is 14.4. The highest BCUT2D eigenvalue weighted by Crippen LogP contribution is 2.21. The molecule has 160 valence electrons. The number of esters is 1. The summed E-state index contributed by atoms with van der Waals surface area (Å²) in [4.78, 5) is 35.3. The van der Waals surface area contributed by atoms with Crippen molar-refractivity contribution in [2.75, 3.05) is 19.8 Å². The van der Waals surface area contributed by atoms with Crippen LogP contribution in [0.1, 0.15) is 29.3 Å². The van der Waals surface area contributed by atoms with Crippen LogP contribution in [0.5, 0.6) is 11.5 Å². The lowest BCUT2D eigenvalue weighted by Gasteiger charge is -2.11. The zero-order valence-corrected chi connectivity index (χ0v) is 18.3. The zero-order chi connectivity index (χ0) is 21.9. The van der Waals surface area contributed by atoms with E-state index in [1.165, 1.54) is 0 Å². The molecule has 2 rings (SSSR count). The molecular weight excluding hydrogens is 456 g/mol. The van der Waals surface area contributed by atoms with Crippen molar-refractivity contribution in [2.45, 2.75) is 20.3 Å². The standard InChI is InChI=1S/C21H23BrN2O6/c1-3-10-28-21(27)15-4-7-17(8-5-15)29-12-19(25)23-24-20(26)13-30-18-9-6-16(22)11-14(18)2/h4-9,11H,3,10,12-13H2,1-2H3,(H,23,25)(H,24,26). The quantitative estimate of drug-likeness (QED) is 0.424. The van der Waals surface area contributed by atoms with Crippen LogP contribution in [0.4, 0.5) is 0 Å². The van der Waals surface area contributed by atoms with Gasteiger partial charge in [0.2, 0.25) is 0 Å². The summed E-state index contributed by atoms with van der Waals surface area (Å²) in [7, 11) is 0. The number of hydrogen-bond donors (Lipinski definition) is 2. The van der Waals surface area contributed by atoms with Crippen molar-refractivity contribution in [3.63, 3.8) is 0 Å². The van der Waals surface area contributed by atoms with Gasteiger partial charge in [-0.3, -0.25) is 20.4 Å². The molecular formula is C21H23BrN2O6. The number of rotatable bonds is 9. The first kappa shape index (κ1) is 23.2. The number of hydrazine groups is 1. The number of halogens is 1. The molecule has 0 spiro atoms. The topological polar surface area (TPSA) is 103 Å². The summed E-state index contributed by atoms with van der Waals surface area (Å²) in [5.41, 5.74) is 5.76.